The number of rotatable bonds is 3. The predicted octanol–water partition coefficient (Wildman–Crippen LogP) is 2.50. The Morgan fingerprint density at radius 3 is 2.19 bits per heavy atom. The van der Waals surface area contributed by atoms with Crippen molar-refractivity contribution in [1.82, 2.24) is 0 Å². The minimum absolute atomic E-state index is 0.355. The van der Waals surface area contributed by atoms with Gasteiger partial charge in [0, 0.05) is 6.08 Å². The van der Waals surface area contributed by atoms with Crippen LogP contribution in [0, 0.1) is 13.8 Å². The van der Waals surface area contributed by atoms with E-state index < -0.39 is 0 Å². The van der Waals surface area contributed by atoms with Crippen molar-refractivity contribution in [3.8, 4) is 5.75 Å². The van der Waals surface area contributed by atoms with E-state index in [4.69, 9.17) is 4.74 Å². The first kappa shape index (κ1) is 12.3. The molecule has 0 aromatic heterocycles. The third-order valence-corrected chi connectivity index (χ3v) is 2.30. The summed E-state index contributed by atoms with van der Waals surface area (Å²) in [4.78, 5) is 10.9. The van der Waals surface area contributed by atoms with Gasteiger partial charge in [0.15, 0.2) is 0 Å². The second-order valence-corrected chi connectivity index (χ2v) is 3.54. The molecule has 0 aliphatic carbocycles. The summed E-state index contributed by atoms with van der Waals surface area (Å²) in [7, 11) is 3.01. The van der Waals surface area contributed by atoms with Crippen molar-refractivity contribution in [2.45, 2.75) is 13.8 Å². The summed E-state index contributed by atoms with van der Waals surface area (Å²) in [6.07, 6.45) is 3.13. The molecule has 0 radical (unpaired) electrons. The Kier molecular flexibility index (Phi) is 4.11. The molecule has 0 N–H and O–H groups in total. The quantitative estimate of drug-likeness (QED) is 0.580. The lowest BCUT2D eigenvalue weighted by atomic mass is 10.1. The van der Waals surface area contributed by atoms with Gasteiger partial charge in [-0.1, -0.05) is 0 Å². The average molecular weight is 220 g/mol. The molecule has 0 heterocycles. The Morgan fingerprint density at radius 1 is 1.19 bits per heavy atom. The van der Waals surface area contributed by atoms with E-state index in [0.29, 0.717) is 0 Å². The van der Waals surface area contributed by atoms with Gasteiger partial charge in [0.05, 0.1) is 14.2 Å². The Labute approximate surface area is 95.7 Å². The molecule has 3 heteroatoms. The van der Waals surface area contributed by atoms with E-state index >= 15 is 0 Å². The van der Waals surface area contributed by atoms with Crippen LogP contribution >= 0.6 is 0 Å². The highest BCUT2D eigenvalue weighted by atomic mass is 16.5. The van der Waals surface area contributed by atoms with Crippen LogP contribution in [0.3, 0.4) is 0 Å². The van der Waals surface area contributed by atoms with Gasteiger partial charge in [-0.25, -0.2) is 4.79 Å². The molecule has 0 saturated carbocycles. The molecule has 0 fully saturated rings. The molecule has 0 unspecified atom stereocenters. The number of benzene rings is 1. The van der Waals surface area contributed by atoms with Gasteiger partial charge in [0.1, 0.15) is 5.75 Å². The Hall–Kier alpha value is -1.77. The van der Waals surface area contributed by atoms with Crippen LogP contribution in [-0.2, 0) is 9.53 Å². The van der Waals surface area contributed by atoms with Gasteiger partial charge < -0.3 is 9.47 Å². The molecular weight excluding hydrogens is 204 g/mol. The molecule has 1 aromatic rings. The van der Waals surface area contributed by atoms with Crippen LogP contribution in [0.25, 0.3) is 6.08 Å². The molecule has 1 aromatic carbocycles. The lowest BCUT2D eigenvalue weighted by Crippen LogP contribution is -1.94. The first-order valence-corrected chi connectivity index (χ1v) is 4.99. The van der Waals surface area contributed by atoms with Crippen LogP contribution in [-0.4, -0.2) is 20.2 Å². The molecule has 0 aliphatic heterocycles. The van der Waals surface area contributed by atoms with Crippen molar-refractivity contribution in [3.05, 3.63) is 34.9 Å². The third-order valence-electron chi connectivity index (χ3n) is 2.30. The SMILES string of the molecule is COC(=O)C=Cc1cc(C)c(OC)c(C)c1. The summed E-state index contributed by atoms with van der Waals surface area (Å²) < 4.78 is 9.79. The maximum atomic E-state index is 10.9. The fraction of sp³-hybridized carbons (Fsp3) is 0.308. The molecule has 0 bridgehead atoms. The van der Waals surface area contributed by atoms with Gasteiger partial charge in [0.25, 0.3) is 0 Å². The number of carbonyl (C=O) groups excluding carboxylic acids is 1. The summed E-state index contributed by atoms with van der Waals surface area (Å²) in [5, 5.41) is 0. The van der Waals surface area contributed by atoms with Crippen molar-refractivity contribution in [2.75, 3.05) is 14.2 Å². The van der Waals surface area contributed by atoms with Crippen molar-refractivity contribution >= 4 is 12.0 Å². The number of aryl methyl sites for hydroxylation is 2. The van der Waals surface area contributed by atoms with Crippen LogP contribution in [0.1, 0.15) is 16.7 Å². The minimum Gasteiger partial charge on any atom is -0.496 e. The fourth-order valence-corrected chi connectivity index (χ4v) is 1.63. The van der Waals surface area contributed by atoms with E-state index in [9.17, 15) is 4.79 Å². The van der Waals surface area contributed by atoms with E-state index in [1.165, 1.54) is 13.2 Å². The van der Waals surface area contributed by atoms with E-state index in [1.54, 1.807) is 13.2 Å². The van der Waals surface area contributed by atoms with Gasteiger partial charge in [-0.15, -0.1) is 0 Å². The smallest absolute Gasteiger partial charge is 0.330 e. The topological polar surface area (TPSA) is 35.5 Å². The maximum Gasteiger partial charge on any atom is 0.330 e. The second kappa shape index (κ2) is 5.35. The average Bonchev–Trinajstić information content (AvgIpc) is 2.25. The largest absolute Gasteiger partial charge is 0.496 e. The van der Waals surface area contributed by atoms with Gasteiger partial charge >= 0.3 is 5.97 Å². The predicted molar refractivity (Wildman–Crippen MR) is 63.5 cm³/mol. The van der Waals surface area contributed by atoms with Crippen molar-refractivity contribution in [1.29, 1.82) is 0 Å². The van der Waals surface area contributed by atoms with Crippen LogP contribution in [0.15, 0.2) is 18.2 Å². The number of carbonyl (C=O) groups is 1. The first-order chi connectivity index (χ1) is 7.58. The summed E-state index contributed by atoms with van der Waals surface area (Å²) in [5.74, 6) is 0.529. The lowest BCUT2D eigenvalue weighted by molar-refractivity contribution is -0.134. The highest BCUT2D eigenvalue weighted by Gasteiger charge is 2.03. The summed E-state index contributed by atoms with van der Waals surface area (Å²) in [6, 6.07) is 3.93. The van der Waals surface area contributed by atoms with E-state index in [2.05, 4.69) is 4.74 Å². The first-order valence-electron chi connectivity index (χ1n) is 4.99. The van der Waals surface area contributed by atoms with Gasteiger partial charge in [0.2, 0.25) is 0 Å². The second-order valence-electron chi connectivity index (χ2n) is 3.54. The zero-order valence-electron chi connectivity index (χ0n) is 10.0. The van der Waals surface area contributed by atoms with Crippen LogP contribution < -0.4 is 4.74 Å². The summed E-state index contributed by atoms with van der Waals surface area (Å²) in [6.45, 7) is 3.95. The molecule has 1 rings (SSSR count). The number of ether oxygens (including phenoxy) is 2. The van der Waals surface area contributed by atoms with Gasteiger partial charge in [-0.2, -0.15) is 0 Å². The highest BCUT2D eigenvalue weighted by Crippen LogP contribution is 2.24. The molecule has 0 amide bonds. The fourth-order valence-electron chi connectivity index (χ4n) is 1.63. The molecule has 0 spiro atoms. The van der Waals surface area contributed by atoms with Gasteiger partial charge in [-0.3, -0.25) is 0 Å². The zero-order valence-corrected chi connectivity index (χ0v) is 10.0. The van der Waals surface area contributed by atoms with Crippen molar-refractivity contribution in [2.24, 2.45) is 0 Å². The number of esters is 1. The Bertz CT molecular complexity index is 396. The standard InChI is InChI=1S/C13H16O3/c1-9-7-11(5-6-12(14)15-3)8-10(2)13(9)16-4/h5-8H,1-4H3. The molecule has 0 aliphatic rings. The minimum atomic E-state index is -0.355. The molecule has 3 nitrogen and oxygen atoms in total. The van der Waals surface area contributed by atoms with E-state index in [1.807, 2.05) is 26.0 Å². The van der Waals surface area contributed by atoms with Crippen LogP contribution in [0.5, 0.6) is 5.75 Å². The van der Waals surface area contributed by atoms with Crippen molar-refractivity contribution < 1.29 is 14.3 Å². The molecular formula is C13H16O3. The third kappa shape index (κ3) is 2.86. The Morgan fingerprint density at radius 2 is 1.75 bits per heavy atom. The van der Waals surface area contributed by atoms with Crippen LogP contribution in [0.4, 0.5) is 0 Å². The number of hydrogen-bond acceptors (Lipinski definition) is 3. The normalized spacial score (nSPS) is 10.5. The summed E-state index contributed by atoms with van der Waals surface area (Å²) in [5.41, 5.74) is 3.06. The molecule has 0 saturated heterocycles. The van der Waals surface area contributed by atoms with Crippen molar-refractivity contribution in [3.63, 3.8) is 0 Å². The van der Waals surface area contributed by atoms with Gasteiger partial charge in [-0.05, 0) is 48.7 Å². The molecule has 86 valence electrons. The monoisotopic (exact) mass is 220 g/mol. The number of methoxy groups -OCH3 is 2. The van der Waals surface area contributed by atoms with E-state index in [0.717, 1.165) is 22.4 Å². The lowest BCUT2D eigenvalue weighted by Gasteiger charge is -2.09. The molecule has 16 heavy (non-hydrogen) atoms. The van der Waals surface area contributed by atoms with Crippen LogP contribution in [0.2, 0.25) is 0 Å². The maximum absolute atomic E-state index is 10.9. The number of hydrogen-bond donors (Lipinski definition) is 0. The van der Waals surface area contributed by atoms with E-state index in [-0.39, 0.29) is 5.97 Å². The highest BCUT2D eigenvalue weighted by molar-refractivity contribution is 5.87. The zero-order chi connectivity index (χ0) is 12.1. The summed E-state index contributed by atoms with van der Waals surface area (Å²) >= 11 is 0. The Balaban J connectivity index is 3.00. The molecule has 0 atom stereocenters.